The van der Waals surface area contributed by atoms with Crippen LogP contribution in [0.15, 0.2) is 23.3 Å². The van der Waals surface area contributed by atoms with Crippen molar-refractivity contribution in [2.24, 2.45) is 40.9 Å². The van der Waals surface area contributed by atoms with Gasteiger partial charge in [0.05, 0.1) is 0 Å². The van der Waals surface area contributed by atoms with Gasteiger partial charge in [0.15, 0.2) is 0 Å². The number of hydrogen-bond acceptors (Lipinski definition) is 2. The van der Waals surface area contributed by atoms with E-state index in [1.807, 2.05) is 12.2 Å². The van der Waals surface area contributed by atoms with Crippen LogP contribution in [0.4, 0.5) is 0 Å². The lowest BCUT2D eigenvalue weighted by molar-refractivity contribution is -0.124. The molecule has 0 unspecified atom stereocenters. The summed E-state index contributed by atoms with van der Waals surface area (Å²) in [6, 6.07) is 0. The Hall–Kier alpha value is -1.58. The third-order valence-corrected chi connectivity index (χ3v) is 11.1. The first kappa shape index (κ1) is 20.8. The van der Waals surface area contributed by atoms with E-state index in [1.54, 1.807) is 0 Å². The van der Waals surface area contributed by atoms with Crippen molar-refractivity contribution in [1.29, 1.82) is 0 Å². The molecule has 9 aliphatic carbocycles. The van der Waals surface area contributed by atoms with E-state index < -0.39 is 5.41 Å². The Morgan fingerprint density at radius 3 is 1.15 bits per heavy atom. The molecule has 0 spiro atoms. The minimum Gasteiger partial charge on any atom is -0.347 e. The Kier molecular flexibility index (Phi) is 4.25. The average molecular weight is 449 g/mol. The van der Waals surface area contributed by atoms with Crippen LogP contribution in [0.25, 0.3) is 0 Å². The van der Waals surface area contributed by atoms with Crippen molar-refractivity contribution in [3.05, 3.63) is 23.3 Å². The summed E-state index contributed by atoms with van der Waals surface area (Å²) in [6.45, 7) is 4.13. The van der Waals surface area contributed by atoms with Crippen molar-refractivity contribution in [3.63, 3.8) is 0 Å². The van der Waals surface area contributed by atoms with Gasteiger partial charge in [-0.15, -0.1) is 0 Å². The summed E-state index contributed by atoms with van der Waals surface area (Å²) in [5.41, 5.74) is 1.02. The molecule has 178 valence electrons. The Morgan fingerprint density at radius 2 is 0.879 bits per heavy atom. The van der Waals surface area contributed by atoms with Gasteiger partial charge in [0, 0.05) is 27.6 Å². The Morgan fingerprint density at radius 1 is 0.606 bits per heavy atom. The first-order valence-corrected chi connectivity index (χ1v) is 13.8. The number of rotatable bonds is 4. The predicted octanol–water partition coefficient (Wildman–Crippen LogP) is 5.05. The molecule has 9 rings (SSSR count). The highest BCUT2D eigenvalue weighted by Crippen LogP contribution is 2.57. The summed E-state index contributed by atoms with van der Waals surface area (Å²) in [7, 11) is 0. The van der Waals surface area contributed by atoms with Gasteiger partial charge in [0.2, 0.25) is 11.8 Å². The van der Waals surface area contributed by atoms with E-state index in [2.05, 4.69) is 24.5 Å². The van der Waals surface area contributed by atoms with Crippen LogP contribution in [0.5, 0.6) is 0 Å². The molecule has 4 heteroatoms. The average Bonchev–Trinajstić information content (AvgIpc) is 3.00. The molecule has 8 bridgehead atoms. The van der Waals surface area contributed by atoms with E-state index in [0.29, 0.717) is 0 Å². The van der Waals surface area contributed by atoms with Crippen LogP contribution in [0.3, 0.4) is 0 Å². The lowest BCUT2D eigenvalue weighted by Gasteiger charge is -2.57. The molecular weight excluding hydrogens is 408 g/mol. The Labute approximate surface area is 198 Å². The summed E-state index contributed by atoms with van der Waals surface area (Å²) in [5.74, 6) is 4.97. The Balaban J connectivity index is 1.05. The lowest BCUT2D eigenvalue weighted by atomic mass is 9.53. The number of allylic oxidation sites excluding steroid dienone is 2. The summed E-state index contributed by atoms with van der Waals surface area (Å²) in [5, 5.41) is 7.07. The second-order valence-electron chi connectivity index (χ2n) is 14.1. The molecule has 0 heterocycles. The quantitative estimate of drug-likeness (QED) is 0.632. The third-order valence-electron chi connectivity index (χ3n) is 11.1. The molecule has 0 radical (unpaired) electrons. The SMILES string of the molecule is CC1(C)C(C(=O)NC23CC4CC(CC(C4)C2)C3)=CC=C1C(=O)NC12CC3CC(CC(C3)C1)C2. The van der Waals surface area contributed by atoms with Crippen molar-refractivity contribution in [1.82, 2.24) is 10.6 Å². The van der Waals surface area contributed by atoms with E-state index in [9.17, 15) is 9.59 Å². The molecule has 2 amide bonds. The Bertz CT molecular complexity index is 824. The van der Waals surface area contributed by atoms with Crippen LogP contribution in [0, 0.1) is 40.9 Å². The summed E-state index contributed by atoms with van der Waals surface area (Å²) in [6.07, 6.45) is 19.1. The molecule has 9 aliphatic rings. The molecule has 8 fully saturated rings. The van der Waals surface area contributed by atoms with Crippen LogP contribution in [-0.4, -0.2) is 22.9 Å². The van der Waals surface area contributed by atoms with Gasteiger partial charge in [0.25, 0.3) is 0 Å². The number of carbonyl (C=O) groups excluding carboxylic acids is 2. The maximum atomic E-state index is 13.6. The zero-order chi connectivity index (χ0) is 22.6. The van der Waals surface area contributed by atoms with Crippen molar-refractivity contribution >= 4 is 11.8 Å². The van der Waals surface area contributed by atoms with Gasteiger partial charge >= 0.3 is 0 Å². The molecular formula is C29H40N2O2. The van der Waals surface area contributed by atoms with Crippen LogP contribution in [-0.2, 0) is 9.59 Å². The normalized spacial score (nSPS) is 47.9. The number of amides is 2. The van der Waals surface area contributed by atoms with Crippen molar-refractivity contribution < 1.29 is 9.59 Å². The van der Waals surface area contributed by atoms with Crippen molar-refractivity contribution in [3.8, 4) is 0 Å². The topological polar surface area (TPSA) is 58.2 Å². The molecule has 0 aromatic carbocycles. The lowest BCUT2D eigenvalue weighted by Crippen LogP contribution is -2.61. The monoisotopic (exact) mass is 448 g/mol. The van der Waals surface area contributed by atoms with E-state index in [1.165, 1.54) is 38.5 Å². The van der Waals surface area contributed by atoms with E-state index in [0.717, 1.165) is 85.2 Å². The maximum Gasteiger partial charge on any atom is 0.248 e. The van der Waals surface area contributed by atoms with Crippen LogP contribution < -0.4 is 10.6 Å². The molecule has 0 aromatic heterocycles. The summed E-state index contributed by atoms with van der Waals surface area (Å²) < 4.78 is 0. The van der Waals surface area contributed by atoms with Crippen molar-refractivity contribution in [2.75, 3.05) is 0 Å². The second-order valence-corrected chi connectivity index (χ2v) is 14.1. The number of hydrogen-bond donors (Lipinski definition) is 2. The molecule has 0 aliphatic heterocycles. The van der Waals surface area contributed by atoms with Gasteiger partial charge in [-0.3, -0.25) is 9.59 Å². The third kappa shape index (κ3) is 3.22. The highest BCUT2D eigenvalue weighted by atomic mass is 16.2. The predicted molar refractivity (Wildman–Crippen MR) is 128 cm³/mol. The molecule has 8 saturated carbocycles. The minimum atomic E-state index is -0.543. The molecule has 0 saturated heterocycles. The fourth-order valence-electron chi connectivity index (χ4n) is 10.6. The van der Waals surface area contributed by atoms with E-state index in [-0.39, 0.29) is 22.9 Å². The van der Waals surface area contributed by atoms with Gasteiger partial charge in [-0.1, -0.05) is 26.0 Å². The smallest absolute Gasteiger partial charge is 0.248 e. The van der Waals surface area contributed by atoms with Crippen LogP contribution in [0.1, 0.15) is 90.9 Å². The zero-order valence-corrected chi connectivity index (χ0v) is 20.4. The number of carbonyl (C=O) groups is 2. The van der Waals surface area contributed by atoms with E-state index in [4.69, 9.17) is 0 Å². The largest absolute Gasteiger partial charge is 0.347 e. The van der Waals surface area contributed by atoms with Gasteiger partial charge in [-0.05, 0) is 113 Å². The maximum absolute atomic E-state index is 13.6. The first-order valence-electron chi connectivity index (χ1n) is 13.8. The number of nitrogens with one attached hydrogen (secondary N) is 2. The van der Waals surface area contributed by atoms with Gasteiger partial charge in [0.1, 0.15) is 0 Å². The zero-order valence-electron chi connectivity index (χ0n) is 20.4. The molecule has 0 atom stereocenters. The molecule has 33 heavy (non-hydrogen) atoms. The first-order chi connectivity index (χ1) is 15.7. The molecule has 4 nitrogen and oxygen atoms in total. The van der Waals surface area contributed by atoms with Gasteiger partial charge in [-0.2, -0.15) is 0 Å². The fraction of sp³-hybridized carbons (Fsp3) is 0.793. The molecule has 2 N–H and O–H groups in total. The summed E-state index contributed by atoms with van der Waals surface area (Å²) in [4.78, 5) is 27.2. The van der Waals surface area contributed by atoms with Crippen LogP contribution >= 0.6 is 0 Å². The van der Waals surface area contributed by atoms with E-state index >= 15 is 0 Å². The minimum absolute atomic E-state index is 0.00691. The van der Waals surface area contributed by atoms with Crippen molar-refractivity contribution in [2.45, 2.75) is 102 Å². The molecule has 0 aromatic rings. The van der Waals surface area contributed by atoms with Gasteiger partial charge < -0.3 is 10.6 Å². The standard InChI is InChI=1S/C29H40N2O2/c1-27(2)23(25(32)30-28-11-17-5-18(12-28)7-19(6-17)13-28)3-4-24(27)26(33)31-29-14-20-8-21(15-29)10-22(9-20)16-29/h3-4,17-22H,5-16H2,1-2H3,(H,30,32)(H,31,33). The highest BCUT2D eigenvalue weighted by molar-refractivity contribution is 6.04. The fourth-order valence-corrected chi connectivity index (χ4v) is 10.6. The summed E-state index contributed by atoms with van der Waals surface area (Å²) >= 11 is 0. The van der Waals surface area contributed by atoms with Crippen LogP contribution in [0.2, 0.25) is 0 Å². The second kappa shape index (κ2) is 6.76. The highest BCUT2D eigenvalue weighted by Gasteiger charge is 2.54. The van der Waals surface area contributed by atoms with Gasteiger partial charge in [-0.25, -0.2) is 0 Å².